The first-order valence-corrected chi connectivity index (χ1v) is 8.63. The van der Waals surface area contributed by atoms with Gasteiger partial charge < -0.3 is 8.98 Å². The smallest absolute Gasteiger partial charge is 0.123 e. The third kappa shape index (κ3) is 3.97. The van der Waals surface area contributed by atoms with Crippen LogP contribution in [-0.2, 0) is 32.7 Å². The van der Waals surface area contributed by atoms with E-state index in [1.54, 1.807) is 6.26 Å². The van der Waals surface area contributed by atoms with Crippen molar-refractivity contribution >= 4 is 0 Å². The summed E-state index contributed by atoms with van der Waals surface area (Å²) >= 11 is 0. The van der Waals surface area contributed by atoms with Gasteiger partial charge in [-0.25, -0.2) is 4.98 Å². The summed E-state index contributed by atoms with van der Waals surface area (Å²) < 4.78 is 7.70. The Bertz CT molecular complexity index is 797. The minimum absolute atomic E-state index is 0.794. The standard InChI is InChI=1S/C19H23N5O/c1-22(14-18-5-3-9-25-18)12-17-13-24-8-7-23(15-19(24)21-17)11-16-4-2-6-20-10-16/h2-6,9-10,13H,7-8,11-12,14-15H2,1H3. The van der Waals surface area contributed by atoms with Crippen LogP contribution in [0.4, 0.5) is 0 Å². The van der Waals surface area contributed by atoms with Crippen LogP contribution >= 0.6 is 0 Å². The van der Waals surface area contributed by atoms with Gasteiger partial charge in [0.05, 0.1) is 25.0 Å². The molecule has 0 radical (unpaired) electrons. The highest BCUT2D eigenvalue weighted by atomic mass is 16.3. The molecule has 0 saturated carbocycles. The van der Waals surface area contributed by atoms with Crippen LogP contribution in [0.2, 0.25) is 0 Å². The van der Waals surface area contributed by atoms with Gasteiger partial charge in [-0.3, -0.25) is 14.8 Å². The number of furan rings is 1. The van der Waals surface area contributed by atoms with Crippen molar-refractivity contribution in [1.29, 1.82) is 0 Å². The van der Waals surface area contributed by atoms with Crippen molar-refractivity contribution in [1.82, 2.24) is 24.3 Å². The average molecular weight is 337 g/mol. The van der Waals surface area contributed by atoms with Crippen molar-refractivity contribution in [3.05, 3.63) is 72.0 Å². The monoisotopic (exact) mass is 337 g/mol. The molecule has 3 aromatic heterocycles. The summed E-state index contributed by atoms with van der Waals surface area (Å²) in [6.45, 7) is 5.46. The SMILES string of the molecule is CN(Cc1cn2c(n1)CN(Cc1cccnc1)CC2)Cc1ccco1. The minimum Gasteiger partial charge on any atom is -0.468 e. The van der Waals surface area contributed by atoms with Crippen molar-refractivity contribution in [3.63, 3.8) is 0 Å². The molecule has 6 nitrogen and oxygen atoms in total. The average Bonchev–Trinajstić information content (AvgIpc) is 3.24. The van der Waals surface area contributed by atoms with Crippen molar-refractivity contribution in [2.75, 3.05) is 13.6 Å². The number of rotatable bonds is 6. The summed E-state index contributed by atoms with van der Waals surface area (Å²) in [6, 6.07) is 8.05. The lowest BCUT2D eigenvalue weighted by atomic mass is 10.2. The van der Waals surface area contributed by atoms with E-state index in [4.69, 9.17) is 9.40 Å². The Balaban J connectivity index is 1.37. The van der Waals surface area contributed by atoms with Gasteiger partial charge in [-0.15, -0.1) is 0 Å². The topological polar surface area (TPSA) is 50.3 Å². The highest BCUT2D eigenvalue weighted by molar-refractivity contribution is 5.10. The molecule has 0 unspecified atom stereocenters. The highest BCUT2D eigenvalue weighted by Crippen LogP contribution is 2.16. The number of hydrogen-bond acceptors (Lipinski definition) is 5. The number of hydrogen-bond donors (Lipinski definition) is 0. The minimum atomic E-state index is 0.794. The Labute approximate surface area is 147 Å². The molecule has 0 amide bonds. The van der Waals surface area contributed by atoms with E-state index in [-0.39, 0.29) is 0 Å². The molecule has 0 spiro atoms. The molecular formula is C19H23N5O. The highest BCUT2D eigenvalue weighted by Gasteiger charge is 2.19. The van der Waals surface area contributed by atoms with Crippen LogP contribution in [-0.4, -0.2) is 37.9 Å². The molecule has 0 N–H and O–H groups in total. The van der Waals surface area contributed by atoms with Crippen LogP contribution in [0, 0.1) is 0 Å². The third-order valence-corrected chi connectivity index (χ3v) is 4.50. The first kappa shape index (κ1) is 16.1. The van der Waals surface area contributed by atoms with Crippen LogP contribution in [0.1, 0.15) is 22.8 Å². The van der Waals surface area contributed by atoms with Gasteiger partial charge in [0.2, 0.25) is 0 Å². The molecule has 4 heterocycles. The molecule has 3 aromatic rings. The molecule has 6 heteroatoms. The zero-order valence-corrected chi connectivity index (χ0v) is 14.5. The van der Waals surface area contributed by atoms with Crippen molar-refractivity contribution in [2.24, 2.45) is 0 Å². The zero-order valence-electron chi connectivity index (χ0n) is 14.5. The fourth-order valence-electron chi connectivity index (χ4n) is 3.32. The van der Waals surface area contributed by atoms with E-state index in [0.717, 1.165) is 56.5 Å². The van der Waals surface area contributed by atoms with Gasteiger partial charge in [0.1, 0.15) is 11.6 Å². The first-order valence-electron chi connectivity index (χ1n) is 8.63. The normalized spacial score (nSPS) is 14.8. The quantitative estimate of drug-likeness (QED) is 0.692. The predicted molar refractivity (Wildman–Crippen MR) is 94.5 cm³/mol. The maximum Gasteiger partial charge on any atom is 0.123 e. The molecule has 0 aromatic carbocycles. The Hall–Kier alpha value is -2.44. The van der Waals surface area contributed by atoms with Crippen molar-refractivity contribution < 1.29 is 4.42 Å². The van der Waals surface area contributed by atoms with Crippen LogP contribution in [0.25, 0.3) is 0 Å². The molecule has 0 bridgehead atoms. The van der Waals surface area contributed by atoms with Crippen LogP contribution < -0.4 is 0 Å². The Kier molecular flexibility index (Phi) is 4.63. The summed E-state index contributed by atoms with van der Waals surface area (Å²) in [5.41, 5.74) is 2.37. The van der Waals surface area contributed by atoms with Gasteiger partial charge in [0.15, 0.2) is 0 Å². The summed E-state index contributed by atoms with van der Waals surface area (Å²) in [5.74, 6) is 2.13. The van der Waals surface area contributed by atoms with Crippen LogP contribution in [0.5, 0.6) is 0 Å². The largest absolute Gasteiger partial charge is 0.468 e. The molecule has 25 heavy (non-hydrogen) atoms. The predicted octanol–water partition coefficient (Wildman–Crippen LogP) is 2.52. The van der Waals surface area contributed by atoms with Gasteiger partial charge in [-0.1, -0.05) is 6.07 Å². The first-order chi connectivity index (χ1) is 12.3. The lowest BCUT2D eigenvalue weighted by molar-refractivity contribution is 0.208. The van der Waals surface area contributed by atoms with Gasteiger partial charge >= 0.3 is 0 Å². The lowest BCUT2D eigenvalue weighted by Gasteiger charge is -2.27. The van der Waals surface area contributed by atoms with E-state index in [0.29, 0.717) is 0 Å². The number of fused-ring (bicyclic) bond motifs is 1. The van der Waals surface area contributed by atoms with E-state index in [1.807, 2.05) is 30.6 Å². The second-order valence-electron chi connectivity index (χ2n) is 6.67. The van der Waals surface area contributed by atoms with Crippen molar-refractivity contribution in [2.45, 2.75) is 32.7 Å². The number of imidazole rings is 1. The molecular weight excluding hydrogens is 314 g/mol. The van der Waals surface area contributed by atoms with Gasteiger partial charge in [-0.05, 0) is 30.8 Å². The summed E-state index contributed by atoms with van der Waals surface area (Å²) in [7, 11) is 2.09. The van der Waals surface area contributed by atoms with Gasteiger partial charge in [-0.2, -0.15) is 0 Å². The second kappa shape index (κ2) is 7.21. The van der Waals surface area contributed by atoms with E-state index < -0.39 is 0 Å². The Morgan fingerprint density at radius 2 is 2.16 bits per heavy atom. The lowest BCUT2D eigenvalue weighted by Crippen LogP contribution is -2.33. The van der Waals surface area contributed by atoms with Gasteiger partial charge in [0.25, 0.3) is 0 Å². The second-order valence-corrected chi connectivity index (χ2v) is 6.67. The summed E-state index contributed by atoms with van der Waals surface area (Å²) in [6.07, 6.45) is 7.67. The molecule has 4 rings (SSSR count). The molecule has 130 valence electrons. The fourth-order valence-corrected chi connectivity index (χ4v) is 3.32. The van der Waals surface area contributed by atoms with Crippen LogP contribution in [0.15, 0.2) is 53.5 Å². The number of nitrogens with zero attached hydrogens (tertiary/aromatic N) is 5. The van der Waals surface area contributed by atoms with E-state index >= 15 is 0 Å². The van der Waals surface area contributed by atoms with Crippen molar-refractivity contribution in [3.8, 4) is 0 Å². The molecule has 0 aliphatic carbocycles. The summed E-state index contributed by atoms with van der Waals surface area (Å²) in [5, 5.41) is 0. The maximum atomic E-state index is 5.41. The third-order valence-electron chi connectivity index (χ3n) is 4.50. The van der Waals surface area contributed by atoms with Crippen LogP contribution in [0.3, 0.4) is 0 Å². The Morgan fingerprint density at radius 3 is 2.96 bits per heavy atom. The molecule has 1 aliphatic rings. The molecule has 1 aliphatic heterocycles. The fraction of sp³-hybridized carbons (Fsp3) is 0.368. The van der Waals surface area contributed by atoms with E-state index in [2.05, 4.69) is 38.7 Å². The van der Waals surface area contributed by atoms with Gasteiger partial charge in [0, 0.05) is 44.8 Å². The van der Waals surface area contributed by atoms with E-state index in [1.165, 1.54) is 5.56 Å². The maximum absolute atomic E-state index is 5.41. The number of aromatic nitrogens is 3. The molecule has 0 saturated heterocycles. The molecule has 0 fully saturated rings. The summed E-state index contributed by atoms with van der Waals surface area (Å²) in [4.78, 5) is 13.7. The Morgan fingerprint density at radius 1 is 1.20 bits per heavy atom. The van der Waals surface area contributed by atoms with E-state index in [9.17, 15) is 0 Å². The molecule has 0 atom stereocenters. The zero-order chi connectivity index (χ0) is 17.1. The number of pyridine rings is 1.